The molecule has 1 amide bonds. The Balaban J connectivity index is 2.13. The van der Waals surface area contributed by atoms with Crippen LogP contribution in [0.3, 0.4) is 0 Å². The first kappa shape index (κ1) is 18.6. The number of carbonyl (C=O) groups is 1. The number of rotatable bonds is 4. The minimum absolute atomic E-state index is 0.0744. The van der Waals surface area contributed by atoms with Gasteiger partial charge in [0.1, 0.15) is 5.75 Å². The van der Waals surface area contributed by atoms with Crippen LogP contribution in [0.15, 0.2) is 18.2 Å². The average molecular weight is 378 g/mol. The van der Waals surface area contributed by atoms with Crippen molar-refractivity contribution in [2.75, 3.05) is 5.75 Å². The number of likely N-dealkylation sites (tertiary alicyclic amines) is 1. The summed E-state index contributed by atoms with van der Waals surface area (Å²) in [7, 11) is -3.64. The number of carbonyl (C=O) groups excluding carboxylic acids is 1. The Morgan fingerprint density at radius 1 is 1.17 bits per heavy atom. The van der Waals surface area contributed by atoms with Crippen LogP contribution in [-0.4, -0.2) is 37.1 Å². The Kier molecular flexibility index (Phi) is 5.98. The van der Waals surface area contributed by atoms with E-state index in [1.54, 1.807) is 23.1 Å². The average Bonchev–Trinajstić information content (AvgIpc) is 2.42. The van der Waals surface area contributed by atoms with E-state index < -0.39 is 15.6 Å². The molecule has 1 aliphatic heterocycles. The van der Waals surface area contributed by atoms with E-state index in [0.717, 1.165) is 19.3 Å². The molecule has 1 aromatic rings. The molecular weight excluding hydrogens is 357 g/mol. The number of piperidine rings is 1. The molecule has 0 aliphatic carbocycles. The highest BCUT2D eigenvalue weighted by atomic mass is 35.5. The molecule has 1 saturated heterocycles. The highest BCUT2D eigenvalue weighted by Gasteiger charge is 2.31. The summed E-state index contributed by atoms with van der Waals surface area (Å²) in [6.07, 6.45) is 2.88. The number of benzene rings is 1. The van der Waals surface area contributed by atoms with Gasteiger partial charge in [-0.25, -0.2) is 8.42 Å². The summed E-state index contributed by atoms with van der Waals surface area (Å²) in [5, 5.41) is 0.599. The normalized spacial score (nSPS) is 22.2. The monoisotopic (exact) mass is 377 g/mol. The Morgan fingerprint density at radius 2 is 1.70 bits per heavy atom. The largest absolute Gasteiger partial charge is 0.336 e. The second-order valence-corrected chi connectivity index (χ2v) is 9.04. The van der Waals surface area contributed by atoms with Crippen molar-refractivity contribution in [3.63, 3.8) is 0 Å². The van der Waals surface area contributed by atoms with E-state index in [-0.39, 0.29) is 23.7 Å². The van der Waals surface area contributed by atoms with Gasteiger partial charge in [0.05, 0.1) is 5.75 Å². The van der Waals surface area contributed by atoms with Gasteiger partial charge in [0.25, 0.3) is 0 Å². The molecule has 1 aromatic carbocycles. The van der Waals surface area contributed by atoms with Gasteiger partial charge in [-0.15, -0.1) is 0 Å². The third-order valence-electron chi connectivity index (χ3n) is 4.25. The number of amides is 1. The van der Waals surface area contributed by atoms with Crippen LogP contribution in [0.1, 0.15) is 38.7 Å². The fourth-order valence-electron chi connectivity index (χ4n) is 3.12. The quantitative estimate of drug-likeness (QED) is 0.803. The van der Waals surface area contributed by atoms with Crippen LogP contribution in [0, 0.1) is 0 Å². The number of halogens is 2. The summed E-state index contributed by atoms with van der Waals surface area (Å²) in [6, 6.07) is 4.99. The van der Waals surface area contributed by atoms with E-state index in [9.17, 15) is 13.2 Å². The van der Waals surface area contributed by atoms with Gasteiger partial charge in [-0.2, -0.15) is 0 Å². The molecule has 2 rings (SSSR count). The molecule has 0 saturated carbocycles. The van der Waals surface area contributed by atoms with Crippen LogP contribution in [0.2, 0.25) is 10.0 Å². The van der Waals surface area contributed by atoms with Gasteiger partial charge in [0, 0.05) is 27.7 Å². The summed E-state index contributed by atoms with van der Waals surface area (Å²) in [6.45, 7) is 3.93. The summed E-state index contributed by atoms with van der Waals surface area (Å²) >= 11 is 12.0. The smallest absolute Gasteiger partial charge is 0.238 e. The van der Waals surface area contributed by atoms with E-state index in [0.29, 0.717) is 15.6 Å². The lowest BCUT2D eigenvalue weighted by Gasteiger charge is -2.39. The zero-order valence-corrected chi connectivity index (χ0v) is 15.6. The lowest BCUT2D eigenvalue weighted by Crippen LogP contribution is -2.49. The molecular formula is C16H21Cl2NO3S. The summed E-state index contributed by atoms with van der Waals surface area (Å²) in [5.74, 6) is -1.18. The molecule has 0 unspecified atom stereocenters. The molecule has 0 bridgehead atoms. The van der Waals surface area contributed by atoms with Gasteiger partial charge >= 0.3 is 0 Å². The SMILES string of the molecule is C[C@@H]1CCC[C@H](C)N1C(=O)CS(=O)(=O)Cc1c(Cl)cccc1Cl. The van der Waals surface area contributed by atoms with E-state index >= 15 is 0 Å². The minimum atomic E-state index is -3.64. The van der Waals surface area contributed by atoms with Crippen LogP contribution < -0.4 is 0 Å². The van der Waals surface area contributed by atoms with E-state index in [1.165, 1.54) is 0 Å². The van der Waals surface area contributed by atoms with Gasteiger partial charge in [-0.05, 0) is 45.2 Å². The molecule has 2 atom stereocenters. The van der Waals surface area contributed by atoms with Gasteiger partial charge in [-0.1, -0.05) is 29.3 Å². The first-order valence-electron chi connectivity index (χ1n) is 7.66. The molecule has 1 fully saturated rings. The van der Waals surface area contributed by atoms with Gasteiger partial charge in [0.2, 0.25) is 5.91 Å². The highest BCUT2D eigenvalue weighted by molar-refractivity contribution is 7.91. The molecule has 7 heteroatoms. The van der Waals surface area contributed by atoms with Crippen LogP contribution in [0.25, 0.3) is 0 Å². The first-order valence-corrected chi connectivity index (χ1v) is 10.2. The van der Waals surface area contributed by atoms with Crippen molar-refractivity contribution in [1.82, 2.24) is 4.90 Å². The summed E-state index contributed by atoms with van der Waals surface area (Å²) in [4.78, 5) is 14.2. The van der Waals surface area contributed by atoms with Crippen LogP contribution in [0.5, 0.6) is 0 Å². The lowest BCUT2D eigenvalue weighted by molar-refractivity contribution is -0.134. The second-order valence-electron chi connectivity index (χ2n) is 6.16. The molecule has 23 heavy (non-hydrogen) atoms. The third kappa shape index (κ3) is 4.61. The standard InChI is InChI=1S/C16H21Cl2NO3S/c1-11-5-3-6-12(2)19(11)16(20)10-23(21,22)9-13-14(17)7-4-8-15(13)18/h4,7-8,11-12H,3,5-6,9-10H2,1-2H3/t11-,12+. The molecule has 0 radical (unpaired) electrons. The topological polar surface area (TPSA) is 54.5 Å². The van der Waals surface area contributed by atoms with Crippen molar-refractivity contribution in [3.05, 3.63) is 33.8 Å². The zero-order chi connectivity index (χ0) is 17.2. The van der Waals surface area contributed by atoms with Crippen molar-refractivity contribution < 1.29 is 13.2 Å². The van der Waals surface area contributed by atoms with E-state index in [2.05, 4.69) is 0 Å². The molecule has 0 N–H and O–H groups in total. The van der Waals surface area contributed by atoms with Crippen LogP contribution in [-0.2, 0) is 20.4 Å². The van der Waals surface area contributed by atoms with Crippen molar-refractivity contribution in [3.8, 4) is 0 Å². The van der Waals surface area contributed by atoms with Crippen molar-refractivity contribution >= 4 is 38.9 Å². The summed E-state index contributed by atoms with van der Waals surface area (Å²) in [5.41, 5.74) is 0.350. The predicted octanol–water partition coefficient (Wildman–Crippen LogP) is 3.70. The van der Waals surface area contributed by atoms with Crippen molar-refractivity contribution in [2.45, 2.75) is 50.9 Å². The maximum Gasteiger partial charge on any atom is 0.238 e. The number of hydrogen-bond acceptors (Lipinski definition) is 3. The Hall–Kier alpha value is -0.780. The van der Waals surface area contributed by atoms with Crippen molar-refractivity contribution in [2.24, 2.45) is 0 Å². The highest BCUT2D eigenvalue weighted by Crippen LogP contribution is 2.27. The molecule has 4 nitrogen and oxygen atoms in total. The Morgan fingerprint density at radius 3 is 2.22 bits per heavy atom. The fraction of sp³-hybridized carbons (Fsp3) is 0.562. The number of nitrogens with zero attached hydrogens (tertiary/aromatic N) is 1. The van der Waals surface area contributed by atoms with Gasteiger partial charge < -0.3 is 4.90 Å². The van der Waals surface area contributed by atoms with Crippen LogP contribution >= 0.6 is 23.2 Å². The molecule has 0 spiro atoms. The molecule has 1 aliphatic rings. The lowest BCUT2D eigenvalue weighted by atomic mass is 9.98. The van der Waals surface area contributed by atoms with Crippen molar-refractivity contribution in [1.29, 1.82) is 0 Å². The number of sulfone groups is 1. The van der Waals surface area contributed by atoms with Crippen LogP contribution in [0.4, 0.5) is 0 Å². The Labute approximate surface area is 147 Å². The Bertz CT molecular complexity index is 660. The number of hydrogen-bond donors (Lipinski definition) is 0. The maximum absolute atomic E-state index is 12.5. The first-order chi connectivity index (χ1) is 10.7. The maximum atomic E-state index is 12.5. The zero-order valence-electron chi connectivity index (χ0n) is 13.3. The van der Waals surface area contributed by atoms with Gasteiger partial charge in [-0.3, -0.25) is 4.79 Å². The fourth-order valence-corrected chi connectivity index (χ4v) is 5.18. The third-order valence-corrected chi connectivity index (χ3v) is 6.37. The second kappa shape index (κ2) is 7.41. The molecule has 0 aromatic heterocycles. The van der Waals surface area contributed by atoms with E-state index in [1.807, 2.05) is 13.8 Å². The molecule has 1 heterocycles. The minimum Gasteiger partial charge on any atom is -0.336 e. The predicted molar refractivity (Wildman–Crippen MR) is 93.6 cm³/mol. The van der Waals surface area contributed by atoms with Gasteiger partial charge in [0.15, 0.2) is 9.84 Å². The summed E-state index contributed by atoms with van der Waals surface area (Å²) < 4.78 is 24.8. The van der Waals surface area contributed by atoms with E-state index in [4.69, 9.17) is 23.2 Å². The molecule has 128 valence electrons.